The van der Waals surface area contributed by atoms with Crippen LogP contribution in [0, 0.1) is 5.92 Å². The molecule has 2 heteroatoms. The lowest BCUT2D eigenvalue weighted by Gasteiger charge is -2.09. The number of methoxy groups -OCH3 is 1. The highest BCUT2D eigenvalue weighted by Crippen LogP contribution is 2.19. The van der Waals surface area contributed by atoms with Crippen molar-refractivity contribution in [3.8, 4) is 11.1 Å². The van der Waals surface area contributed by atoms with Gasteiger partial charge in [-0.15, -0.1) is 0 Å². The highest BCUT2D eigenvalue weighted by atomic mass is 16.5. The maximum absolute atomic E-state index is 12.0. The quantitative estimate of drug-likeness (QED) is 0.763. The monoisotopic (exact) mass is 282 g/mol. The Morgan fingerprint density at radius 1 is 1.00 bits per heavy atom. The van der Waals surface area contributed by atoms with Crippen molar-refractivity contribution in [2.75, 3.05) is 13.7 Å². The summed E-state index contributed by atoms with van der Waals surface area (Å²) in [5.74, 6) is 0.554. The summed E-state index contributed by atoms with van der Waals surface area (Å²) >= 11 is 0. The summed E-state index contributed by atoms with van der Waals surface area (Å²) in [7, 11) is 1.67. The third kappa shape index (κ3) is 4.83. The first-order chi connectivity index (χ1) is 10.2. The molecule has 2 rings (SSSR count). The minimum Gasteiger partial charge on any atom is -0.384 e. The molecule has 0 heterocycles. The Hall–Kier alpha value is -1.93. The van der Waals surface area contributed by atoms with Crippen LogP contribution in [0.5, 0.6) is 0 Å². The Bertz CT molecular complexity index is 558. The lowest BCUT2D eigenvalue weighted by Crippen LogP contribution is -2.12. The number of carbonyl (C=O) groups excluding carboxylic acids is 1. The van der Waals surface area contributed by atoms with Gasteiger partial charge in [-0.3, -0.25) is 4.79 Å². The molecule has 0 bridgehead atoms. The van der Waals surface area contributed by atoms with Crippen LogP contribution in [0.25, 0.3) is 11.1 Å². The first-order valence-electron chi connectivity index (χ1n) is 7.34. The lowest BCUT2D eigenvalue weighted by molar-refractivity contribution is -0.119. The van der Waals surface area contributed by atoms with Gasteiger partial charge in [-0.2, -0.15) is 0 Å². The summed E-state index contributed by atoms with van der Waals surface area (Å²) in [4.78, 5) is 12.0. The van der Waals surface area contributed by atoms with Crippen LogP contribution in [0.1, 0.15) is 18.9 Å². The highest BCUT2D eigenvalue weighted by molar-refractivity contribution is 5.81. The number of rotatable bonds is 7. The summed E-state index contributed by atoms with van der Waals surface area (Å²) < 4.78 is 5.07. The van der Waals surface area contributed by atoms with Crippen LogP contribution in [-0.2, 0) is 16.0 Å². The number of Topliss-reactive ketones (excluding diaryl/α,β-unsaturated/α-hetero) is 1. The van der Waals surface area contributed by atoms with E-state index in [1.807, 2.05) is 37.3 Å². The molecule has 0 aliphatic heterocycles. The maximum Gasteiger partial charge on any atom is 0.137 e. The third-order valence-electron chi connectivity index (χ3n) is 3.49. The van der Waals surface area contributed by atoms with E-state index >= 15 is 0 Å². The molecule has 2 aromatic carbocycles. The smallest absolute Gasteiger partial charge is 0.137 e. The van der Waals surface area contributed by atoms with Crippen molar-refractivity contribution in [2.24, 2.45) is 5.92 Å². The standard InChI is InChI=1S/C19H22O2/c1-15(14-21-2)12-19(20)13-16-8-10-18(11-9-16)17-6-4-3-5-7-17/h3-11,15H,12-14H2,1-2H3/t15-/m1/s1. The van der Waals surface area contributed by atoms with Crippen molar-refractivity contribution < 1.29 is 9.53 Å². The van der Waals surface area contributed by atoms with Crippen LogP contribution in [0.2, 0.25) is 0 Å². The van der Waals surface area contributed by atoms with E-state index in [1.54, 1.807) is 7.11 Å². The molecule has 2 nitrogen and oxygen atoms in total. The van der Waals surface area contributed by atoms with Gasteiger partial charge in [-0.25, -0.2) is 0 Å². The predicted octanol–water partition coefficient (Wildman–Crippen LogP) is 4.14. The van der Waals surface area contributed by atoms with E-state index in [1.165, 1.54) is 11.1 Å². The van der Waals surface area contributed by atoms with Gasteiger partial charge in [0, 0.05) is 26.6 Å². The fourth-order valence-electron chi connectivity index (χ4n) is 2.48. The molecule has 1 atom stereocenters. The van der Waals surface area contributed by atoms with E-state index in [-0.39, 0.29) is 11.7 Å². The molecule has 110 valence electrons. The molecule has 2 aromatic rings. The molecule has 0 aromatic heterocycles. The van der Waals surface area contributed by atoms with Gasteiger partial charge in [0.2, 0.25) is 0 Å². The van der Waals surface area contributed by atoms with E-state index < -0.39 is 0 Å². The zero-order valence-corrected chi connectivity index (χ0v) is 12.7. The number of carbonyl (C=O) groups is 1. The number of hydrogen-bond acceptors (Lipinski definition) is 2. The van der Waals surface area contributed by atoms with Gasteiger partial charge >= 0.3 is 0 Å². The molecule has 0 amide bonds. The molecule has 0 saturated carbocycles. The van der Waals surface area contributed by atoms with Crippen LogP contribution in [-0.4, -0.2) is 19.5 Å². The van der Waals surface area contributed by atoms with Crippen molar-refractivity contribution in [3.05, 3.63) is 60.2 Å². The largest absolute Gasteiger partial charge is 0.384 e. The van der Waals surface area contributed by atoms with Crippen molar-refractivity contribution in [2.45, 2.75) is 19.8 Å². The SMILES string of the molecule is COC[C@H](C)CC(=O)Cc1ccc(-c2ccccc2)cc1. The van der Waals surface area contributed by atoms with Gasteiger partial charge in [-0.05, 0) is 22.6 Å². The van der Waals surface area contributed by atoms with Crippen molar-refractivity contribution in [1.29, 1.82) is 0 Å². The zero-order chi connectivity index (χ0) is 15.1. The maximum atomic E-state index is 12.0. The molecule has 0 aliphatic carbocycles. The number of benzene rings is 2. The Morgan fingerprint density at radius 3 is 2.24 bits per heavy atom. The fraction of sp³-hybridized carbons (Fsp3) is 0.316. The summed E-state index contributed by atoms with van der Waals surface area (Å²) in [5, 5.41) is 0. The van der Waals surface area contributed by atoms with Gasteiger partial charge in [0.1, 0.15) is 5.78 Å². The number of hydrogen-bond donors (Lipinski definition) is 0. The molecule has 0 N–H and O–H groups in total. The average Bonchev–Trinajstić information content (AvgIpc) is 2.49. The Labute approximate surface area is 126 Å². The summed E-state index contributed by atoms with van der Waals surface area (Å²) in [6.07, 6.45) is 1.08. The summed E-state index contributed by atoms with van der Waals surface area (Å²) in [6.45, 7) is 2.68. The Kier molecular flexibility index (Phi) is 5.70. The van der Waals surface area contributed by atoms with E-state index in [9.17, 15) is 4.79 Å². The molecule has 21 heavy (non-hydrogen) atoms. The Morgan fingerprint density at radius 2 is 1.62 bits per heavy atom. The number of ether oxygens (including phenoxy) is 1. The average molecular weight is 282 g/mol. The van der Waals surface area contributed by atoms with Gasteiger partial charge in [-0.1, -0.05) is 61.5 Å². The molecule has 0 aliphatic rings. The van der Waals surface area contributed by atoms with Gasteiger partial charge in [0.05, 0.1) is 0 Å². The van der Waals surface area contributed by atoms with E-state index in [0.717, 1.165) is 5.56 Å². The second-order valence-electron chi connectivity index (χ2n) is 5.54. The highest BCUT2D eigenvalue weighted by Gasteiger charge is 2.10. The zero-order valence-electron chi connectivity index (χ0n) is 12.7. The summed E-state index contributed by atoms with van der Waals surface area (Å²) in [6, 6.07) is 18.5. The van der Waals surface area contributed by atoms with E-state index in [4.69, 9.17) is 4.74 Å². The normalized spacial score (nSPS) is 12.1. The molecule has 0 fully saturated rings. The first-order valence-corrected chi connectivity index (χ1v) is 7.34. The fourth-order valence-corrected chi connectivity index (χ4v) is 2.48. The van der Waals surface area contributed by atoms with E-state index in [0.29, 0.717) is 19.4 Å². The minimum atomic E-state index is 0.270. The molecular weight excluding hydrogens is 260 g/mol. The van der Waals surface area contributed by atoms with Gasteiger partial charge in [0.25, 0.3) is 0 Å². The molecule has 0 radical (unpaired) electrons. The van der Waals surface area contributed by atoms with Crippen LogP contribution in [0.4, 0.5) is 0 Å². The van der Waals surface area contributed by atoms with Crippen molar-refractivity contribution >= 4 is 5.78 Å². The van der Waals surface area contributed by atoms with E-state index in [2.05, 4.69) is 24.3 Å². The van der Waals surface area contributed by atoms with Gasteiger partial charge < -0.3 is 4.74 Å². The minimum absolute atomic E-state index is 0.270. The van der Waals surface area contributed by atoms with Crippen LogP contribution in [0.15, 0.2) is 54.6 Å². The summed E-state index contributed by atoms with van der Waals surface area (Å²) in [5.41, 5.74) is 3.45. The lowest BCUT2D eigenvalue weighted by atomic mass is 9.98. The first kappa shape index (κ1) is 15.5. The molecule has 0 saturated heterocycles. The number of ketones is 1. The predicted molar refractivity (Wildman–Crippen MR) is 86.2 cm³/mol. The Balaban J connectivity index is 1.95. The topological polar surface area (TPSA) is 26.3 Å². The second-order valence-corrected chi connectivity index (χ2v) is 5.54. The van der Waals surface area contributed by atoms with Crippen molar-refractivity contribution in [3.63, 3.8) is 0 Å². The second kappa shape index (κ2) is 7.75. The van der Waals surface area contributed by atoms with Crippen LogP contribution < -0.4 is 0 Å². The molecule has 0 spiro atoms. The van der Waals surface area contributed by atoms with Crippen LogP contribution in [0.3, 0.4) is 0 Å². The molecular formula is C19H22O2. The molecule has 0 unspecified atom stereocenters. The third-order valence-corrected chi connectivity index (χ3v) is 3.49. The van der Waals surface area contributed by atoms with Crippen molar-refractivity contribution in [1.82, 2.24) is 0 Å². The van der Waals surface area contributed by atoms with Gasteiger partial charge in [0.15, 0.2) is 0 Å². The van der Waals surface area contributed by atoms with Crippen LogP contribution >= 0.6 is 0 Å².